The van der Waals surface area contributed by atoms with Crippen LogP contribution < -0.4 is 9.47 Å². The van der Waals surface area contributed by atoms with Crippen LogP contribution in [-0.4, -0.2) is 28.2 Å². The van der Waals surface area contributed by atoms with Crippen LogP contribution in [0.25, 0.3) is 0 Å². The quantitative estimate of drug-likeness (QED) is 0.654. The minimum atomic E-state index is -0.297. The maximum atomic E-state index is 13.6. The number of nitrogens with zero attached hydrogens (tertiary/aromatic N) is 4. The van der Waals surface area contributed by atoms with Crippen molar-refractivity contribution in [1.82, 2.24) is 14.9 Å². The van der Waals surface area contributed by atoms with E-state index in [1.54, 1.807) is 43.7 Å². The summed E-state index contributed by atoms with van der Waals surface area (Å²) in [5.41, 5.74) is 1.30. The van der Waals surface area contributed by atoms with Crippen LogP contribution in [0, 0.1) is 5.82 Å². The van der Waals surface area contributed by atoms with Crippen LogP contribution >= 0.6 is 0 Å². The van der Waals surface area contributed by atoms with Crippen molar-refractivity contribution < 1.29 is 13.9 Å². The van der Waals surface area contributed by atoms with E-state index in [1.165, 1.54) is 23.4 Å². The molecule has 0 aliphatic heterocycles. The highest BCUT2D eigenvalue weighted by atomic mass is 19.1. The summed E-state index contributed by atoms with van der Waals surface area (Å²) in [7, 11) is 1.55. The van der Waals surface area contributed by atoms with Crippen molar-refractivity contribution in [2.24, 2.45) is 5.10 Å². The maximum Gasteiger partial charge on any atom is 0.161 e. The molecule has 3 aromatic rings. The van der Waals surface area contributed by atoms with Gasteiger partial charge in [0.15, 0.2) is 11.5 Å². The monoisotopic (exact) mass is 326 g/mol. The molecule has 1 heterocycles. The van der Waals surface area contributed by atoms with Crippen molar-refractivity contribution >= 4 is 6.21 Å². The Morgan fingerprint density at radius 2 is 1.92 bits per heavy atom. The van der Waals surface area contributed by atoms with Gasteiger partial charge in [-0.25, -0.2) is 9.07 Å². The summed E-state index contributed by atoms with van der Waals surface area (Å²) in [6.07, 6.45) is 4.62. The number of aromatic nitrogens is 3. The van der Waals surface area contributed by atoms with Crippen LogP contribution in [0.1, 0.15) is 11.1 Å². The Hall–Kier alpha value is -3.22. The first kappa shape index (κ1) is 15.7. The molecular weight excluding hydrogens is 311 g/mol. The Kier molecular flexibility index (Phi) is 4.81. The molecular formula is C17H15FN4O2. The SMILES string of the molecule is COc1cc(C=Nn2cnnc2)ccc1OCc1ccccc1F. The summed E-state index contributed by atoms with van der Waals surface area (Å²) >= 11 is 0. The zero-order chi connectivity index (χ0) is 16.8. The first-order valence-electron chi connectivity index (χ1n) is 7.19. The molecule has 0 unspecified atom stereocenters. The van der Waals surface area contributed by atoms with Crippen molar-refractivity contribution in [1.29, 1.82) is 0 Å². The fourth-order valence-corrected chi connectivity index (χ4v) is 2.04. The van der Waals surface area contributed by atoms with Gasteiger partial charge in [0.1, 0.15) is 25.1 Å². The fraction of sp³-hybridized carbons (Fsp3) is 0.118. The van der Waals surface area contributed by atoms with Gasteiger partial charge in [0.25, 0.3) is 0 Å². The summed E-state index contributed by atoms with van der Waals surface area (Å²) < 4.78 is 26.1. The Morgan fingerprint density at radius 1 is 1.12 bits per heavy atom. The van der Waals surface area contributed by atoms with E-state index in [4.69, 9.17) is 9.47 Å². The van der Waals surface area contributed by atoms with Crippen LogP contribution in [0.15, 0.2) is 60.2 Å². The predicted octanol–water partition coefficient (Wildman–Crippen LogP) is 2.89. The van der Waals surface area contributed by atoms with Crippen molar-refractivity contribution in [2.75, 3.05) is 7.11 Å². The summed E-state index contributed by atoms with van der Waals surface area (Å²) in [6.45, 7) is 0.122. The molecule has 2 aromatic carbocycles. The van der Waals surface area contributed by atoms with E-state index in [2.05, 4.69) is 15.3 Å². The summed E-state index contributed by atoms with van der Waals surface area (Å²) in [5, 5.41) is 11.5. The molecule has 1 aromatic heterocycles. The molecule has 0 aliphatic carbocycles. The van der Waals surface area contributed by atoms with Crippen molar-refractivity contribution in [3.63, 3.8) is 0 Å². The molecule has 3 rings (SSSR count). The summed E-state index contributed by atoms with van der Waals surface area (Å²) in [6, 6.07) is 11.9. The van der Waals surface area contributed by atoms with E-state index < -0.39 is 0 Å². The van der Waals surface area contributed by atoms with Gasteiger partial charge < -0.3 is 9.47 Å². The van der Waals surface area contributed by atoms with Crippen LogP contribution in [0.2, 0.25) is 0 Å². The minimum absolute atomic E-state index is 0.122. The molecule has 0 saturated heterocycles. The van der Waals surface area contributed by atoms with Crippen molar-refractivity contribution in [3.05, 3.63) is 72.1 Å². The van der Waals surface area contributed by atoms with E-state index in [0.29, 0.717) is 17.1 Å². The smallest absolute Gasteiger partial charge is 0.161 e. The third-order valence-electron chi connectivity index (χ3n) is 3.28. The van der Waals surface area contributed by atoms with Gasteiger partial charge in [-0.3, -0.25) is 0 Å². The third kappa shape index (κ3) is 3.75. The topological polar surface area (TPSA) is 61.5 Å². The predicted molar refractivity (Wildman–Crippen MR) is 86.7 cm³/mol. The molecule has 0 aliphatic rings. The lowest BCUT2D eigenvalue weighted by Gasteiger charge is -2.11. The van der Waals surface area contributed by atoms with E-state index in [9.17, 15) is 4.39 Å². The number of hydrogen-bond acceptors (Lipinski definition) is 5. The molecule has 0 bridgehead atoms. The zero-order valence-corrected chi connectivity index (χ0v) is 13.0. The number of ether oxygens (including phenoxy) is 2. The largest absolute Gasteiger partial charge is 0.493 e. The molecule has 6 nitrogen and oxygen atoms in total. The summed E-state index contributed by atoms with van der Waals surface area (Å²) in [4.78, 5) is 0. The lowest BCUT2D eigenvalue weighted by atomic mass is 10.2. The fourth-order valence-electron chi connectivity index (χ4n) is 2.04. The standard InChI is InChI=1S/C17H15FN4O2/c1-23-17-8-13(9-21-22-11-19-20-12-22)6-7-16(17)24-10-14-4-2-3-5-15(14)18/h2-9,11-12H,10H2,1H3. The maximum absolute atomic E-state index is 13.6. The molecule has 0 radical (unpaired) electrons. The molecule has 24 heavy (non-hydrogen) atoms. The van der Waals surface area contributed by atoms with Gasteiger partial charge in [-0.2, -0.15) is 5.10 Å². The van der Waals surface area contributed by atoms with E-state index in [1.807, 2.05) is 6.07 Å². The number of halogens is 1. The van der Waals surface area contributed by atoms with Gasteiger partial charge in [0.2, 0.25) is 0 Å². The molecule has 0 fully saturated rings. The Morgan fingerprint density at radius 3 is 2.67 bits per heavy atom. The highest BCUT2D eigenvalue weighted by molar-refractivity contribution is 5.80. The molecule has 0 atom stereocenters. The van der Waals surface area contributed by atoms with Gasteiger partial charge in [-0.1, -0.05) is 18.2 Å². The van der Waals surface area contributed by atoms with Crippen LogP contribution in [0.5, 0.6) is 11.5 Å². The number of methoxy groups -OCH3 is 1. The zero-order valence-electron chi connectivity index (χ0n) is 13.0. The number of benzene rings is 2. The second-order valence-electron chi connectivity index (χ2n) is 4.88. The molecule has 0 spiro atoms. The summed E-state index contributed by atoms with van der Waals surface area (Å²) in [5.74, 6) is 0.774. The second kappa shape index (κ2) is 7.36. The van der Waals surface area contributed by atoms with Crippen LogP contribution in [0.3, 0.4) is 0 Å². The second-order valence-corrected chi connectivity index (χ2v) is 4.88. The van der Waals surface area contributed by atoms with Crippen molar-refractivity contribution in [2.45, 2.75) is 6.61 Å². The first-order chi connectivity index (χ1) is 11.8. The highest BCUT2D eigenvalue weighted by Crippen LogP contribution is 2.28. The molecule has 7 heteroatoms. The number of hydrogen-bond donors (Lipinski definition) is 0. The van der Waals surface area contributed by atoms with E-state index in [-0.39, 0.29) is 12.4 Å². The number of rotatable bonds is 6. The van der Waals surface area contributed by atoms with Crippen molar-refractivity contribution in [3.8, 4) is 11.5 Å². The average molecular weight is 326 g/mol. The van der Waals surface area contributed by atoms with Gasteiger partial charge in [0.05, 0.1) is 13.3 Å². The van der Waals surface area contributed by atoms with Gasteiger partial charge in [0, 0.05) is 5.56 Å². The van der Waals surface area contributed by atoms with E-state index >= 15 is 0 Å². The normalized spacial score (nSPS) is 10.9. The van der Waals surface area contributed by atoms with Crippen LogP contribution in [0.4, 0.5) is 4.39 Å². The molecule has 0 N–H and O–H groups in total. The molecule has 0 amide bonds. The third-order valence-corrected chi connectivity index (χ3v) is 3.28. The van der Waals surface area contributed by atoms with E-state index in [0.717, 1.165) is 5.56 Å². The lowest BCUT2D eigenvalue weighted by molar-refractivity contribution is 0.279. The highest BCUT2D eigenvalue weighted by Gasteiger charge is 2.07. The minimum Gasteiger partial charge on any atom is -0.493 e. The Bertz CT molecular complexity index is 834. The molecule has 0 saturated carbocycles. The Balaban J connectivity index is 1.73. The lowest BCUT2D eigenvalue weighted by Crippen LogP contribution is -2.00. The van der Waals surface area contributed by atoms with Gasteiger partial charge in [-0.15, -0.1) is 10.2 Å². The Labute approximate surface area is 138 Å². The van der Waals surface area contributed by atoms with Crippen LogP contribution in [-0.2, 0) is 6.61 Å². The average Bonchev–Trinajstić information content (AvgIpc) is 3.13. The molecule has 122 valence electrons. The van der Waals surface area contributed by atoms with Gasteiger partial charge in [-0.05, 0) is 29.8 Å². The first-order valence-corrected chi connectivity index (χ1v) is 7.19. The van der Waals surface area contributed by atoms with Gasteiger partial charge >= 0.3 is 0 Å².